The van der Waals surface area contributed by atoms with E-state index in [2.05, 4.69) is 6.92 Å². The van der Waals surface area contributed by atoms with E-state index in [1.54, 1.807) is 0 Å². The van der Waals surface area contributed by atoms with Crippen molar-refractivity contribution >= 4 is 29.5 Å². The highest BCUT2D eigenvalue weighted by Crippen LogP contribution is 2.46. The van der Waals surface area contributed by atoms with Gasteiger partial charge in [-0.2, -0.15) is 0 Å². The third kappa shape index (κ3) is 8.44. The van der Waals surface area contributed by atoms with Crippen molar-refractivity contribution in [2.75, 3.05) is 0 Å². The first kappa shape index (κ1) is 30.1. The van der Waals surface area contributed by atoms with Crippen LogP contribution < -0.4 is 0 Å². The lowest BCUT2D eigenvalue weighted by atomic mass is 9.75. The molecule has 0 amide bonds. The number of aryl methyl sites for hydroxylation is 1. The van der Waals surface area contributed by atoms with Crippen molar-refractivity contribution in [1.29, 1.82) is 0 Å². The maximum atomic E-state index is 12.5. The lowest BCUT2D eigenvalue weighted by molar-refractivity contribution is -0.155. The minimum Gasteiger partial charge on any atom is -0.481 e. The highest BCUT2D eigenvalue weighted by atomic mass is 16.4. The van der Waals surface area contributed by atoms with Crippen LogP contribution in [0.3, 0.4) is 0 Å². The van der Waals surface area contributed by atoms with Gasteiger partial charge in [0, 0.05) is 5.92 Å². The molecule has 1 aliphatic rings. The highest BCUT2D eigenvalue weighted by molar-refractivity contribution is 5.85. The Bertz CT molecular complexity index is 996. The molecule has 4 atom stereocenters. The first-order valence-corrected chi connectivity index (χ1v) is 13.3. The molecule has 0 fully saturated rings. The Hall–Kier alpha value is -3.16. The minimum atomic E-state index is -1.36. The van der Waals surface area contributed by atoms with E-state index in [4.69, 9.17) is 5.11 Å². The van der Waals surface area contributed by atoms with Crippen molar-refractivity contribution in [2.24, 2.45) is 17.8 Å². The summed E-state index contributed by atoms with van der Waals surface area (Å²) in [5.41, 5.74) is 3.83. The summed E-state index contributed by atoms with van der Waals surface area (Å²) in [6, 6.07) is 5.65. The van der Waals surface area contributed by atoms with Gasteiger partial charge in [-0.15, -0.1) is 0 Å². The maximum Gasteiger partial charge on any atom is 0.308 e. The zero-order valence-corrected chi connectivity index (χ0v) is 21.8. The lowest BCUT2D eigenvalue weighted by Crippen LogP contribution is -2.34. The molecule has 1 aliphatic carbocycles. The molecule has 1 aromatic rings. The van der Waals surface area contributed by atoms with Gasteiger partial charge in [-0.1, -0.05) is 69.7 Å². The molecule has 0 saturated carbocycles. The molecule has 8 heteroatoms. The SMILES string of the molecule is CCCCCCCCCC1=CC(C(C(=O)O)C(CCC(CC(=O)O)C(=O)O)C(=O)O)c2cccc(C)c21. The van der Waals surface area contributed by atoms with Crippen LogP contribution >= 0.6 is 0 Å². The number of hydrogen-bond donors (Lipinski definition) is 4. The molecule has 4 unspecified atom stereocenters. The van der Waals surface area contributed by atoms with Crippen LogP contribution in [0.5, 0.6) is 0 Å². The third-order valence-corrected chi connectivity index (χ3v) is 7.43. The maximum absolute atomic E-state index is 12.5. The molecule has 8 nitrogen and oxygen atoms in total. The third-order valence-electron chi connectivity index (χ3n) is 7.43. The molecular weight excluding hydrogens is 476 g/mol. The summed E-state index contributed by atoms with van der Waals surface area (Å²) in [7, 11) is 0. The van der Waals surface area contributed by atoms with E-state index in [9.17, 15) is 34.5 Å². The molecule has 0 heterocycles. The summed E-state index contributed by atoms with van der Waals surface area (Å²) in [6.07, 6.45) is 9.63. The average Bonchev–Trinajstić information content (AvgIpc) is 3.18. The molecule has 4 N–H and O–H groups in total. The normalized spacial score (nSPS) is 16.9. The van der Waals surface area contributed by atoms with Crippen molar-refractivity contribution in [3.63, 3.8) is 0 Å². The number of allylic oxidation sites excluding steroid dienone is 2. The van der Waals surface area contributed by atoms with Crippen LogP contribution in [-0.2, 0) is 19.2 Å². The largest absolute Gasteiger partial charge is 0.481 e. The molecular formula is C29H40O8. The summed E-state index contributed by atoms with van der Waals surface area (Å²) < 4.78 is 0. The van der Waals surface area contributed by atoms with Gasteiger partial charge >= 0.3 is 23.9 Å². The smallest absolute Gasteiger partial charge is 0.308 e. The Kier molecular flexibility index (Phi) is 11.8. The number of carboxylic acid groups (broad SMARTS) is 4. The van der Waals surface area contributed by atoms with E-state index in [0.29, 0.717) is 0 Å². The van der Waals surface area contributed by atoms with E-state index in [1.165, 1.54) is 25.7 Å². The standard InChI is InChI=1S/C29H40O8/c1-3-4-5-6-7-8-9-12-19-16-23(21-13-10-11-18(2)25(19)21)26(29(36)37)22(28(34)35)15-14-20(27(32)33)17-24(30)31/h10-11,13,16,20,22-23,26H,3-9,12,14-15,17H2,1-2H3,(H,30,31)(H,32,33)(H,34,35)(H,36,37). The number of carboxylic acids is 4. The van der Waals surface area contributed by atoms with Gasteiger partial charge in [0.15, 0.2) is 0 Å². The molecule has 0 aromatic heterocycles. The number of unbranched alkanes of at least 4 members (excludes halogenated alkanes) is 6. The summed E-state index contributed by atoms with van der Waals surface area (Å²) in [5.74, 6) is -9.82. The fourth-order valence-corrected chi connectivity index (χ4v) is 5.51. The fraction of sp³-hybridized carbons (Fsp3) is 0.586. The molecule has 0 saturated heterocycles. The first-order valence-electron chi connectivity index (χ1n) is 13.3. The Morgan fingerprint density at radius 1 is 0.838 bits per heavy atom. The molecule has 0 aliphatic heterocycles. The Morgan fingerprint density at radius 3 is 2.05 bits per heavy atom. The van der Waals surface area contributed by atoms with Gasteiger partial charge in [-0.3, -0.25) is 19.2 Å². The van der Waals surface area contributed by atoms with Gasteiger partial charge in [0.05, 0.1) is 24.2 Å². The second-order valence-corrected chi connectivity index (χ2v) is 10.1. The first-order chi connectivity index (χ1) is 17.6. The van der Waals surface area contributed by atoms with Crippen molar-refractivity contribution < 1.29 is 39.6 Å². The molecule has 2 rings (SSSR count). The van der Waals surface area contributed by atoms with Gasteiger partial charge in [-0.25, -0.2) is 0 Å². The quantitative estimate of drug-likeness (QED) is 0.174. The zero-order valence-electron chi connectivity index (χ0n) is 21.8. The molecule has 0 radical (unpaired) electrons. The van der Waals surface area contributed by atoms with Gasteiger partial charge in [-0.05, 0) is 54.9 Å². The second kappa shape index (κ2) is 14.5. The predicted octanol–water partition coefficient (Wildman–Crippen LogP) is 5.97. The summed E-state index contributed by atoms with van der Waals surface area (Å²) in [5, 5.41) is 38.5. The molecule has 37 heavy (non-hydrogen) atoms. The lowest BCUT2D eigenvalue weighted by Gasteiger charge is -2.26. The van der Waals surface area contributed by atoms with E-state index in [1.807, 2.05) is 31.2 Å². The van der Waals surface area contributed by atoms with E-state index in [-0.39, 0.29) is 12.8 Å². The van der Waals surface area contributed by atoms with E-state index >= 15 is 0 Å². The molecule has 204 valence electrons. The van der Waals surface area contributed by atoms with Gasteiger partial charge in [0.2, 0.25) is 0 Å². The Balaban J connectivity index is 2.27. The summed E-state index contributed by atoms with van der Waals surface area (Å²) in [4.78, 5) is 47.2. The van der Waals surface area contributed by atoms with Crippen LogP contribution in [0.1, 0.15) is 100 Å². The van der Waals surface area contributed by atoms with Crippen LogP contribution in [0.2, 0.25) is 0 Å². The summed E-state index contributed by atoms with van der Waals surface area (Å²) >= 11 is 0. The average molecular weight is 517 g/mol. The zero-order chi connectivity index (χ0) is 27.5. The number of benzene rings is 1. The van der Waals surface area contributed by atoms with Crippen molar-refractivity contribution in [1.82, 2.24) is 0 Å². The van der Waals surface area contributed by atoms with Crippen molar-refractivity contribution in [3.8, 4) is 0 Å². The van der Waals surface area contributed by atoms with Crippen LogP contribution in [-0.4, -0.2) is 44.3 Å². The van der Waals surface area contributed by atoms with Crippen LogP contribution in [0.25, 0.3) is 5.57 Å². The number of aliphatic carboxylic acids is 4. The predicted molar refractivity (Wildman–Crippen MR) is 139 cm³/mol. The van der Waals surface area contributed by atoms with Gasteiger partial charge in [0.1, 0.15) is 0 Å². The monoisotopic (exact) mass is 516 g/mol. The van der Waals surface area contributed by atoms with Crippen molar-refractivity contribution in [2.45, 2.75) is 90.4 Å². The van der Waals surface area contributed by atoms with Crippen LogP contribution in [0, 0.1) is 24.7 Å². The number of carbonyl (C=O) groups is 4. The summed E-state index contributed by atoms with van der Waals surface area (Å²) in [6.45, 7) is 4.15. The molecule has 0 spiro atoms. The Morgan fingerprint density at radius 2 is 1.49 bits per heavy atom. The molecule has 0 bridgehead atoms. The minimum absolute atomic E-state index is 0.232. The Labute approximate surface area is 218 Å². The number of hydrogen-bond acceptors (Lipinski definition) is 4. The molecule has 1 aromatic carbocycles. The van der Waals surface area contributed by atoms with Crippen molar-refractivity contribution in [3.05, 3.63) is 41.0 Å². The number of rotatable bonds is 18. The van der Waals surface area contributed by atoms with E-state index in [0.717, 1.165) is 47.9 Å². The topological polar surface area (TPSA) is 149 Å². The fourth-order valence-electron chi connectivity index (χ4n) is 5.51. The van der Waals surface area contributed by atoms with Crippen LogP contribution in [0.15, 0.2) is 24.3 Å². The van der Waals surface area contributed by atoms with Gasteiger partial charge in [0.25, 0.3) is 0 Å². The second-order valence-electron chi connectivity index (χ2n) is 10.1. The van der Waals surface area contributed by atoms with Crippen LogP contribution in [0.4, 0.5) is 0 Å². The van der Waals surface area contributed by atoms with E-state index < -0.39 is 54.0 Å². The van der Waals surface area contributed by atoms with Gasteiger partial charge < -0.3 is 20.4 Å². The number of fused-ring (bicyclic) bond motifs is 1. The highest BCUT2D eigenvalue weighted by Gasteiger charge is 2.43.